The van der Waals surface area contributed by atoms with Gasteiger partial charge >= 0.3 is 0 Å². The summed E-state index contributed by atoms with van der Waals surface area (Å²) >= 11 is 0. The first-order valence-corrected chi connectivity index (χ1v) is 7.87. The zero-order valence-corrected chi connectivity index (χ0v) is 12.7. The molecule has 1 aromatic heterocycles. The van der Waals surface area contributed by atoms with Crippen molar-refractivity contribution in [3.8, 4) is 0 Å². The fourth-order valence-electron chi connectivity index (χ4n) is 2.90. The number of morpholine rings is 1. The number of aromatic nitrogens is 1. The summed E-state index contributed by atoms with van der Waals surface area (Å²) in [4.78, 5) is 32.6. The zero-order valence-electron chi connectivity index (χ0n) is 12.7. The molecule has 2 fully saturated rings. The third-order valence-corrected chi connectivity index (χ3v) is 4.17. The van der Waals surface area contributed by atoms with Crippen molar-refractivity contribution in [1.82, 2.24) is 14.8 Å². The first-order valence-electron chi connectivity index (χ1n) is 7.87. The summed E-state index contributed by atoms with van der Waals surface area (Å²) in [7, 11) is 0. The molecule has 0 aromatic carbocycles. The van der Waals surface area contributed by atoms with E-state index in [-0.39, 0.29) is 11.8 Å². The molecule has 0 aliphatic carbocycles. The van der Waals surface area contributed by atoms with Crippen molar-refractivity contribution in [2.24, 2.45) is 0 Å². The Kier molecular flexibility index (Phi) is 4.68. The van der Waals surface area contributed by atoms with Crippen LogP contribution in [0.15, 0.2) is 18.5 Å². The number of piperidine rings is 1. The van der Waals surface area contributed by atoms with Crippen molar-refractivity contribution >= 4 is 11.8 Å². The molecule has 0 bridgehead atoms. The molecule has 0 N–H and O–H groups in total. The van der Waals surface area contributed by atoms with E-state index in [1.807, 2.05) is 4.90 Å². The van der Waals surface area contributed by atoms with Gasteiger partial charge in [0.05, 0.1) is 24.3 Å². The molecule has 0 radical (unpaired) electrons. The van der Waals surface area contributed by atoms with E-state index in [9.17, 15) is 9.59 Å². The lowest BCUT2D eigenvalue weighted by molar-refractivity contribution is 0.0302. The van der Waals surface area contributed by atoms with E-state index in [1.54, 1.807) is 17.2 Å². The van der Waals surface area contributed by atoms with Gasteiger partial charge in [0, 0.05) is 38.6 Å². The van der Waals surface area contributed by atoms with Gasteiger partial charge in [-0.25, -0.2) is 0 Å². The van der Waals surface area contributed by atoms with E-state index in [1.165, 1.54) is 12.6 Å². The second-order valence-electron chi connectivity index (χ2n) is 5.72. The second-order valence-corrected chi connectivity index (χ2v) is 5.72. The first kappa shape index (κ1) is 15.0. The number of carbonyl (C=O) groups is 2. The molecule has 0 unspecified atom stereocenters. The molecule has 3 rings (SSSR count). The Labute approximate surface area is 130 Å². The highest BCUT2D eigenvalue weighted by atomic mass is 16.5. The van der Waals surface area contributed by atoms with Gasteiger partial charge in [-0.3, -0.25) is 14.6 Å². The van der Waals surface area contributed by atoms with E-state index in [2.05, 4.69) is 4.98 Å². The van der Waals surface area contributed by atoms with E-state index in [0.717, 1.165) is 25.9 Å². The van der Waals surface area contributed by atoms with Crippen LogP contribution in [0.1, 0.15) is 40.0 Å². The van der Waals surface area contributed by atoms with Crippen molar-refractivity contribution in [1.29, 1.82) is 0 Å². The average molecular weight is 303 g/mol. The molecule has 0 saturated carbocycles. The molecule has 2 saturated heterocycles. The maximum atomic E-state index is 12.5. The lowest BCUT2D eigenvalue weighted by atomic mass is 10.1. The molecule has 0 atom stereocenters. The molecule has 118 valence electrons. The highest BCUT2D eigenvalue weighted by Gasteiger charge is 2.22. The average Bonchev–Trinajstić information content (AvgIpc) is 2.62. The molecule has 2 aliphatic rings. The topological polar surface area (TPSA) is 62.7 Å². The molecular weight excluding hydrogens is 282 g/mol. The van der Waals surface area contributed by atoms with Crippen LogP contribution < -0.4 is 0 Å². The van der Waals surface area contributed by atoms with Crippen LogP contribution in [0.25, 0.3) is 0 Å². The van der Waals surface area contributed by atoms with Gasteiger partial charge in [0.2, 0.25) is 0 Å². The van der Waals surface area contributed by atoms with Crippen LogP contribution in [-0.4, -0.2) is 66.0 Å². The minimum atomic E-state index is -0.0795. The van der Waals surface area contributed by atoms with Gasteiger partial charge in [-0.2, -0.15) is 0 Å². The van der Waals surface area contributed by atoms with Crippen LogP contribution in [0.3, 0.4) is 0 Å². The van der Waals surface area contributed by atoms with E-state index in [4.69, 9.17) is 4.74 Å². The van der Waals surface area contributed by atoms with Gasteiger partial charge in [-0.05, 0) is 25.3 Å². The van der Waals surface area contributed by atoms with E-state index >= 15 is 0 Å². The highest BCUT2D eigenvalue weighted by Crippen LogP contribution is 2.14. The van der Waals surface area contributed by atoms with Gasteiger partial charge in [-0.1, -0.05) is 0 Å². The third kappa shape index (κ3) is 3.27. The lowest BCUT2D eigenvalue weighted by Crippen LogP contribution is -2.41. The zero-order chi connectivity index (χ0) is 15.4. The van der Waals surface area contributed by atoms with E-state index in [0.29, 0.717) is 37.4 Å². The minimum absolute atomic E-state index is 0.0242. The maximum absolute atomic E-state index is 12.5. The SMILES string of the molecule is O=C(c1cncc(C(=O)N2CCOCC2)c1)N1CCCCC1. The number of amides is 2. The van der Waals surface area contributed by atoms with Crippen molar-refractivity contribution in [3.05, 3.63) is 29.6 Å². The Morgan fingerprint density at radius 1 is 0.864 bits per heavy atom. The number of hydrogen-bond donors (Lipinski definition) is 0. The number of rotatable bonds is 2. The Morgan fingerprint density at radius 3 is 2.00 bits per heavy atom. The largest absolute Gasteiger partial charge is 0.378 e. The molecule has 22 heavy (non-hydrogen) atoms. The van der Waals surface area contributed by atoms with Gasteiger partial charge in [-0.15, -0.1) is 0 Å². The second kappa shape index (κ2) is 6.87. The first-order chi connectivity index (χ1) is 10.8. The van der Waals surface area contributed by atoms with Crippen molar-refractivity contribution < 1.29 is 14.3 Å². The summed E-state index contributed by atoms with van der Waals surface area (Å²) in [6.45, 7) is 3.88. The fourth-order valence-corrected chi connectivity index (χ4v) is 2.90. The predicted molar refractivity (Wildman–Crippen MR) is 80.7 cm³/mol. The summed E-state index contributed by atoms with van der Waals surface area (Å²) in [5.41, 5.74) is 0.978. The number of carbonyl (C=O) groups excluding carboxylic acids is 2. The van der Waals surface area contributed by atoms with Crippen LogP contribution >= 0.6 is 0 Å². The number of nitrogens with zero attached hydrogens (tertiary/aromatic N) is 3. The van der Waals surface area contributed by atoms with Gasteiger partial charge in [0.1, 0.15) is 0 Å². The number of likely N-dealkylation sites (tertiary alicyclic amines) is 1. The smallest absolute Gasteiger partial charge is 0.255 e. The van der Waals surface area contributed by atoms with Crippen LogP contribution in [-0.2, 0) is 4.74 Å². The molecular formula is C16H21N3O3. The van der Waals surface area contributed by atoms with Crippen molar-refractivity contribution in [2.45, 2.75) is 19.3 Å². The van der Waals surface area contributed by atoms with Gasteiger partial charge < -0.3 is 14.5 Å². The monoisotopic (exact) mass is 303 g/mol. The van der Waals surface area contributed by atoms with Crippen molar-refractivity contribution in [2.75, 3.05) is 39.4 Å². The molecule has 1 aromatic rings. The summed E-state index contributed by atoms with van der Waals surface area (Å²) in [5.74, 6) is -0.104. The number of hydrogen-bond acceptors (Lipinski definition) is 4. The Balaban J connectivity index is 1.73. The standard InChI is InChI=1S/C16H21N3O3/c20-15(18-4-2-1-3-5-18)13-10-14(12-17-11-13)16(21)19-6-8-22-9-7-19/h10-12H,1-9H2. The Bertz CT molecular complexity index is 504. The Hall–Kier alpha value is -1.95. The molecule has 2 aliphatic heterocycles. The summed E-state index contributed by atoms with van der Waals surface area (Å²) in [5, 5.41) is 0. The fraction of sp³-hybridized carbons (Fsp3) is 0.562. The van der Waals surface area contributed by atoms with Crippen LogP contribution in [0.5, 0.6) is 0 Å². The van der Waals surface area contributed by atoms with Gasteiger partial charge in [0.25, 0.3) is 11.8 Å². The van der Waals surface area contributed by atoms with E-state index < -0.39 is 0 Å². The van der Waals surface area contributed by atoms with Crippen LogP contribution in [0, 0.1) is 0 Å². The Morgan fingerprint density at radius 2 is 1.41 bits per heavy atom. The number of pyridine rings is 1. The van der Waals surface area contributed by atoms with Gasteiger partial charge in [0.15, 0.2) is 0 Å². The molecule has 3 heterocycles. The van der Waals surface area contributed by atoms with Crippen LogP contribution in [0.2, 0.25) is 0 Å². The van der Waals surface area contributed by atoms with Crippen LogP contribution in [0.4, 0.5) is 0 Å². The number of ether oxygens (including phenoxy) is 1. The third-order valence-electron chi connectivity index (χ3n) is 4.17. The maximum Gasteiger partial charge on any atom is 0.255 e. The summed E-state index contributed by atoms with van der Waals surface area (Å²) < 4.78 is 5.26. The molecule has 0 spiro atoms. The molecule has 2 amide bonds. The summed E-state index contributed by atoms with van der Waals surface area (Å²) in [6, 6.07) is 1.67. The molecule has 6 nitrogen and oxygen atoms in total. The quantitative estimate of drug-likeness (QED) is 0.823. The summed E-state index contributed by atoms with van der Waals surface area (Å²) in [6.07, 6.45) is 6.35. The lowest BCUT2D eigenvalue weighted by Gasteiger charge is -2.28. The highest BCUT2D eigenvalue weighted by molar-refractivity contribution is 5.99. The molecule has 6 heteroatoms. The van der Waals surface area contributed by atoms with Crippen molar-refractivity contribution in [3.63, 3.8) is 0 Å². The normalized spacial score (nSPS) is 19.1. The predicted octanol–water partition coefficient (Wildman–Crippen LogP) is 1.18. The minimum Gasteiger partial charge on any atom is -0.378 e.